The zero-order valence-electron chi connectivity index (χ0n) is 10.5. The largest absolute Gasteiger partial charge is 0.494 e. The fourth-order valence-corrected chi connectivity index (χ4v) is 1.87. The van der Waals surface area contributed by atoms with E-state index in [1.165, 1.54) is 5.56 Å². The summed E-state index contributed by atoms with van der Waals surface area (Å²) < 4.78 is 5.64. The molecule has 2 rings (SSSR count). The van der Waals surface area contributed by atoms with Gasteiger partial charge >= 0.3 is 0 Å². The number of nitrogens with two attached hydrogens (primary N) is 1. The van der Waals surface area contributed by atoms with Crippen molar-refractivity contribution in [2.45, 2.75) is 19.3 Å². The molecule has 0 saturated heterocycles. The van der Waals surface area contributed by atoms with Crippen molar-refractivity contribution in [3.8, 4) is 5.75 Å². The van der Waals surface area contributed by atoms with Crippen molar-refractivity contribution in [3.05, 3.63) is 60.2 Å². The van der Waals surface area contributed by atoms with E-state index in [0.717, 1.165) is 37.3 Å². The molecule has 94 valence electrons. The lowest BCUT2D eigenvalue weighted by Gasteiger charge is -2.06. The highest BCUT2D eigenvalue weighted by atomic mass is 16.5. The summed E-state index contributed by atoms with van der Waals surface area (Å²) >= 11 is 0. The Morgan fingerprint density at radius 2 is 1.72 bits per heavy atom. The average Bonchev–Trinajstić information content (AvgIpc) is 2.40. The minimum atomic E-state index is 0.746. The van der Waals surface area contributed by atoms with Crippen LogP contribution in [0.3, 0.4) is 0 Å². The van der Waals surface area contributed by atoms with Gasteiger partial charge in [-0.3, -0.25) is 0 Å². The highest BCUT2D eigenvalue weighted by Crippen LogP contribution is 2.15. The molecule has 2 N–H and O–H groups in total. The second kappa shape index (κ2) is 6.70. The number of unbranched alkanes of at least 4 members (excludes halogenated alkanes) is 1. The maximum absolute atomic E-state index is 5.69. The maximum atomic E-state index is 5.69. The first-order valence-corrected chi connectivity index (χ1v) is 6.37. The monoisotopic (exact) mass is 241 g/mol. The van der Waals surface area contributed by atoms with E-state index in [-0.39, 0.29) is 0 Å². The van der Waals surface area contributed by atoms with Gasteiger partial charge in [-0.2, -0.15) is 0 Å². The van der Waals surface area contributed by atoms with Gasteiger partial charge in [-0.15, -0.1) is 0 Å². The second-order valence-corrected chi connectivity index (χ2v) is 4.36. The van der Waals surface area contributed by atoms with E-state index in [4.69, 9.17) is 10.5 Å². The zero-order valence-corrected chi connectivity index (χ0v) is 10.5. The van der Waals surface area contributed by atoms with Gasteiger partial charge in [0.25, 0.3) is 0 Å². The molecule has 0 aromatic heterocycles. The lowest BCUT2D eigenvalue weighted by Crippen LogP contribution is -1.98. The van der Waals surface area contributed by atoms with E-state index in [9.17, 15) is 0 Å². The normalized spacial score (nSPS) is 10.2. The molecule has 2 nitrogen and oxygen atoms in total. The quantitative estimate of drug-likeness (QED) is 0.618. The molecule has 0 atom stereocenters. The van der Waals surface area contributed by atoms with Crippen LogP contribution in [0.25, 0.3) is 0 Å². The number of ether oxygens (including phenoxy) is 1. The zero-order chi connectivity index (χ0) is 12.6. The molecule has 0 aliphatic carbocycles. The Bertz CT molecular complexity index is 468. The molecule has 18 heavy (non-hydrogen) atoms. The molecule has 0 heterocycles. The Labute approximate surface area is 108 Å². The summed E-state index contributed by atoms with van der Waals surface area (Å²) in [6.45, 7) is 0.746. The third kappa shape index (κ3) is 4.13. The van der Waals surface area contributed by atoms with Crippen LogP contribution in [0.2, 0.25) is 0 Å². The Morgan fingerprint density at radius 3 is 2.50 bits per heavy atom. The van der Waals surface area contributed by atoms with Crippen LogP contribution in [0.15, 0.2) is 54.6 Å². The van der Waals surface area contributed by atoms with Crippen molar-refractivity contribution in [1.29, 1.82) is 0 Å². The third-order valence-electron chi connectivity index (χ3n) is 2.83. The van der Waals surface area contributed by atoms with Crippen LogP contribution in [0.4, 0.5) is 5.69 Å². The van der Waals surface area contributed by atoms with Gasteiger partial charge in [0.1, 0.15) is 5.75 Å². The Morgan fingerprint density at radius 1 is 0.889 bits per heavy atom. The molecule has 2 heteroatoms. The first-order chi connectivity index (χ1) is 8.84. The van der Waals surface area contributed by atoms with Crippen molar-refractivity contribution in [1.82, 2.24) is 0 Å². The van der Waals surface area contributed by atoms with E-state index in [0.29, 0.717) is 0 Å². The molecule has 0 bridgehead atoms. The molecule has 2 aromatic carbocycles. The van der Waals surface area contributed by atoms with Crippen LogP contribution in [0, 0.1) is 0 Å². The van der Waals surface area contributed by atoms with Gasteiger partial charge in [0.2, 0.25) is 0 Å². The standard InChI is InChI=1S/C16H19NO/c17-15-10-6-11-16(13-15)18-12-5-4-9-14-7-2-1-3-8-14/h1-3,6-8,10-11,13H,4-5,9,12,17H2. The molecular formula is C16H19NO. The third-order valence-corrected chi connectivity index (χ3v) is 2.83. The van der Waals surface area contributed by atoms with Gasteiger partial charge in [0, 0.05) is 11.8 Å². The van der Waals surface area contributed by atoms with Crippen molar-refractivity contribution in [2.24, 2.45) is 0 Å². The Balaban J connectivity index is 1.65. The fourth-order valence-electron chi connectivity index (χ4n) is 1.87. The van der Waals surface area contributed by atoms with Gasteiger partial charge in [0.05, 0.1) is 6.61 Å². The van der Waals surface area contributed by atoms with Crippen LogP contribution >= 0.6 is 0 Å². The molecule has 0 aliphatic rings. The smallest absolute Gasteiger partial charge is 0.121 e. The predicted molar refractivity (Wildman–Crippen MR) is 75.7 cm³/mol. The minimum Gasteiger partial charge on any atom is -0.494 e. The van der Waals surface area contributed by atoms with E-state index in [1.807, 2.05) is 30.3 Å². The van der Waals surface area contributed by atoms with E-state index in [1.54, 1.807) is 0 Å². The topological polar surface area (TPSA) is 35.2 Å². The number of hydrogen-bond acceptors (Lipinski definition) is 2. The van der Waals surface area contributed by atoms with Crippen LogP contribution < -0.4 is 10.5 Å². The molecule has 0 unspecified atom stereocenters. The van der Waals surface area contributed by atoms with E-state index < -0.39 is 0 Å². The van der Waals surface area contributed by atoms with Gasteiger partial charge in [-0.05, 0) is 37.0 Å². The number of rotatable bonds is 6. The number of hydrogen-bond donors (Lipinski definition) is 1. The molecule has 2 aromatic rings. The fraction of sp³-hybridized carbons (Fsp3) is 0.250. The average molecular weight is 241 g/mol. The van der Waals surface area contributed by atoms with E-state index >= 15 is 0 Å². The van der Waals surface area contributed by atoms with Crippen LogP contribution in [-0.2, 0) is 6.42 Å². The van der Waals surface area contributed by atoms with Crippen molar-refractivity contribution < 1.29 is 4.74 Å². The lowest BCUT2D eigenvalue weighted by atomic mass is 10.1. The summed E-state index contributed by atoms with van der Waals surface area (Å²) in [7, 11) is 0. The maximum Gasteiger partial charge on any atom is 0.121 e. The summed E-state index contributed by atoms with van der Waals surface area (Å²) in [6, 6.07) is 18.1. The summed E-state index contributed by atoms with van der Waals surface area (Å²) in [5.41, 5.74) is 7.82. The van der Waals surface area contributed by atoms with E-state index in [2.05, 4.69) is 24.3 Å². The number of anilines is 1. The highest BCUT2D eigenvalue weighted by Gasteiger charge is 1.95. The molecule has 0 radical (unpaired) electrons. The predicted octanol–water partition coefficient (Wildman–Crippen LogP) is 3.67. The first-order valence-electron chi connectivity index (χ1n) is 6.37. The minimum absolute atomic E-state index is 0.746. The molecular weight excluding hydrogens is 222 g/mol. The van der Waals surface area contributed by atoms with Crippen molar-refractivity contribution in [3.63, 3.8) is 0 Å². The van der Waals surface area contributed by atoms with Crippen LogP contribution in [-0.4, -0.2) is 6.61 Å². The second-order valence-electron chi connectivity index (χ2n) is 4.36. The van der Waals surface area contributed by atoms with Gasteiger partial charge in [0.15, 0.2) is 0 Å². The SMILES string of the molecule is Nc1cccc(OCCCCc2ccccc2)c1. The molecule has 0 fully saturated rings. The Hall–Kier alpha value is -1.96. The van der Waals surface area contributed by atoms with Crippen LogP contribution in [0.5, 0.6) is 5.75 Å². The van der Waals surface area contributed by atoms with Crippen molar-refractivity contribution in [2.75, 3.05) is 12.3 Å². The number of aryl methyl sites for hydroxylation is 1. The number of nitrogen functional groups attached to an aromatic ring is 1. The molecule has 0 spiro atoms. The summed E-state index contributed by atoms with van der Waals surface area (Å²) in [5, 5.41) is 0. The van der Waals surface area contributed by atoms with Gasteiger partial charge in [-0.25, -0.2) is 0 Å². The lowest BCUT2D eigenvalue weighted by molar-refractivity contribution is 0.307. The van der Waals surface area contributed by atoms with Crippen LogP contribution in [0.1, 0.15) is 18.4 Å². The van der Waals surface area contributed by atoms with Gasteiger partial charge < -0.3 is 10.5 Å². The van der Waals surface area contributed by atoms with Crippen molar-refractivity contribution >= 4 is 5.69 Å². The Kier molecular flexibility index (Phi) is 4.65. The first kappa shape index (κ1) is 12.5. The summed E-state index contributed by atoms with van der Waals surface area (Å²) in [4.78, 5) is 0. The number of benzene rings is 2. The van der Waals surface area contributed by atoms with Gasteiger partial charge in [-0.1, -0.05) is 36.4 Å². The summed E-state index contributed by atoms with van der Waals surface area (Å²) in [5.74, 6) is 0.856. The summed E-state index contributed by atoms with van der Waals surface area (Å²) in [6.07, 6.45) is 3.32. The molecule has 0 aliphatic heterocycles. The molecule has 0 saturated carbocycles. The molecule has 0 amide bonds. The highest BCUT2D eigenvalue weighted by molar-refractivity contribution is 5.43.